The molecule has 0 heterocycles. The Kier molecular flexibility index (Phi) is 78.0. The molecule has 11 heavy (non-hydrogen) atoms. The van der Waals surface area contributed by atoms with Crippen molar-refractivity contribution in [2.75, 3.05) is 26.4 Å². The molecule has 0 atom stereocenters. The van der Waals surface area contributed by atoms with Gasteiger partial charge in [0.15, 0.2) is 0 Å². The summed E-state index contributed by atoms with van der Waals surface area (Å²) in [6.45, 7) is 0.696. The average Bonchev–Trinajstić information content (AvgIpc) is 1.69. The molecule has 0 aliphatic heterocycles. The van der Waals surface area contributed by atoms with Crippen LogP contribution in [0.25, 0.3) is 0 Å². The van der Waals surface area contributed by atoms with Crippen LogP contribution < -0.4 is 0 Å². The van der Waals surface area contributed by atoms with Crippen molar-refractivity contribution in [3.63, 3.8) is 0 Å². The van der Waals surface area contributed by atoms with Crippen LogP contribution in [0.4, 0.5) is 0 Å². The van der Waals surface area contributed by atoms with E-state index in [4.69, 9.17) is 10.2 Å². The molecule has 3 nitrogen and oxygen atoms in total. The molecule has 0 aromatic carbocycles. The van der Waals surface area contributed by atoms with Crippen LogP contribution in [0.2, 0.25) is 0 Å². The first-order chi connectivity index (χ1) is 3.41. The van der Waals surface area contributed by atoms with E-state index in [2.05, 4.69) is 4.74 Å². The summed E-state index contributed by atoms with van der Waals surface area (Å²) in [5.74, 6) is 0. The summed E-state index contributed by atoms with van der Waals surface area (Å²) in [4.78, 5) is 0. The van der Waals surface area contributed by atoms with Gasteiger partial charge in [0.1, 0.15) is 0 Å². The van der Waals surface area contributed by atoms with Crippen LogP contribution in [0.3, 0.4) is 0 Å². The Hall–Kier alpha value is 3.88. The Balaban J connectivity index is -0.0000000300. The predicted octanol–water partition coefficient (Wildman–Crippen LogP) is -3.61. The van der Waals surface area contributed by atoms with Crippen LogP contribution in [-0.2, 0) is 4.74 Å². The van der Waals surface area contributed by atoms with Gasteiger partial charge in [-0.1, -0.05) is 0 Å². The van der Waals surface area contributed by atoms with Gasteiger partial charge in [-0.15, -0.1) is 0 Å². The third kappa shape index (κ3) is 31.5. The number of aliphatic hydroxyl groups is 2. The van der Waals surface area contributed by atoms with Crippen molar-refractivity contribution in [3.05, 3.63) is 0 Å². The summed E-state index contributed by atoms with van der Waals surface area (Å²) in [6, 6.07) is 0. The number of rotatable bonds is 4. The molecular formula is C4H14Na4O3. The minimum atomic E-state index is 0. The average molecular weight is 202 g/mol. The summed E-state index contributed by atoms with van der Waals surface area (Å²) < 4.78 is 4.63. The Labute approximate surface area is 156 Å². The fraction of sp³-hybridized carbons (Fsp3) is 1.00. The van der Waals surface area contributed by atoms with Crippen molar-refractivity contribution in [3.8, 4) is 0 Å². The van der Waals surface area contributed by atoms with Gasteiger partial charge in [-0.05, 0) is 0 Å². The van der Waals surface area contributed by atoms with Crippen LogP contribution in [-0.4, -0.2) is 155 Å². The Morgan fingerprint density at radius 1 is 0.727 bits per heavy atom. The van der Waals surface area contributed by atoms with E-state index in [-0.39, 0.29) is 131 Å². The zero-order valence-corrected chi connectivity index (χ0v) is 4.13. The molecule has 0 fully saturated rings. The van der Waals surface area contributed by atoms with Crippen LogP contribution in [0.1, 0.15) is 0 Å². The molecule has 2 N–H and O–H groups in total. The third-order valence-corrected chi connectivity index (χ3v) is 0.471. The summed E-state index contributed by atoms with van der Waals surface area (Å²) >= 11 is 0. The predicted molar refractivity (Wildman–Crippen MR) is 53.6 cm³/mol. The Morgan fingerprint density at radius 2 is 1.00 bits per heavy atom. The van der Waals surface area contributed by atoms with Gasteiger partial charge in [0.25, 0.3) is 0 Å². The molecule has 0 rings (SSSR count). The molecule has 7 heteroatoms. The summed E-state index contributed by atoms with van der Waals surface area (Å²) in [5, 5.41) is 16.2. The van der Waals surface area contributed by atoms with E-state index in [1.54, 1.807) is 0 Å². The maximum absolute atomic E-state index is 8.09. The van der Waals surface area contributed by atoms with Crippen LogP contribution in [0.15, 0.2) is 0 Å². The van der Waals surface area contributed by atoms with Gasteiger partial charge in [-0.2, -0.15) is 0 Å². The zero-order valence-electron chi connectivity index (χ0n) is 4.13. The van der Waals surface area contributed by atoms with Crippen LogP contribution in [0.5, 0.6) is 0 Å². The second-order valence-corrected chi connectivity index (χ2v) is 1.06. The monoisotopic (exact) mass is 202 g/mol. The number of aliphatic hydroxyl groups excluding tert-OH is 2. The molecule has 0 bridgehead atoms. The minimum absolute atomic E-state index is 0. The van der Waals surface area contributed by atoms with Crippen molar-refractivity contribution in [2.45, 2.75) is 0 Å². The fourth-order valence-corrected chi connectivity index (χ4v) is 0.231. The van der Waals surface area contributed by atoms with Gasteiger partial charge >= 0.3 is 118 Å². The van der Waals surface area contributed by atoms with Gasteiger partial charge in [0.05, 0.1) is 26.4 Å². The number of hydrogen-bond acceptors (Lipinski definition) is 3. The summed E-state index contributed by atoms with van der Waals surface area (Å²) in [7, 11) is 0. The Morgan fingerprint density at radius 3 is 1.18 bits per heavy atom. The second kappa shape index (κ2) is 29.2. The van der Waals surface area contributed by atoms with Gasteiger partial charge < -0.3 is 14.9 Å². The third-order valence-electron chi connectivity index (χ3n) is 0.471. The molecule has 0 saturated carbocycles. The maximum atomic E-state index is 8.09. The van der Waals surface area contributed by atoms with Crippen molar-refractivity contribution in [1.82, 2.24) is 0 Å². The van der Waals surface area contributed by atoms with E-state index in [1.807, 2.05) is 0 Å². The van der Waals surface area contributed by atoms with Crippen molar-refractivity contribution in [1.29, 1.82) is 0 Å². The fourth-order valence-electron chi connectivity index (χ4n) is 0.231. The molecule has 0 radical (unpaired) electrons. The van der Waals surface area contributed by atoms with E-state index in [1.165, 1.54) is 0 Å². The van der Waals surface area contributed by atoms with Gasteiger partial charge in [0, 0.05) is 0 Å². The molecule has 0 spiro atoms. The number of ether oxygens (including phenoxy) is 1. The molecule has 0 aliphatic carbocycles. The van der Waals surface area contributed by atoms with E-state index >= 15 is 0 Å². The van der Waals surface area contributed by atoms with Crippen LogP contribution >= 0.6 is 0 Å². The van der Waals surface area contributed by atoms with Crippen molar-refractivity contribution < 1.29 is 14.9 Å². The quantitative estimate of drug-likeness (QED) is 0.366. The SMILES string of the molecule is OCCOCCO.[NaH].[NaH].[NaH].[NaH]. The van der Waals surface area contributed by atoms with E-state index < -0.39 is 0 Å². The Bertz CT molecular complexity index is 36.5. The topological polar surface area (TPSA) is 49.7 Å². The van der Waals surface area contributed by atoms with Gasteiger partial charge in [-0.3, -0.25) is 0 Å². The van der Waals surface area contributed by atoms with Crippen molar-refractivity contribution in [2.24, 2.45) is 0 Å². The first-order valence-electron chi connectivity index (χ1n) is 2.21. The van der Waals surface area contributed by atoms with E-state index in [9.17, 15) is 0 Å². The molecule has 0 amide bonds. The number of hydrogen-bond donors (Lipinski definition) is 2. The zero-order chi connectivity index (χ0) is 5.54. The van der Waals surface area contributed by atoms with E-state index in [0.29, 0.717) is 13.2 Å². The molecule has 0 aliphatic rings. The van der Waals surface area contributed by atoms with Crippen molar-refractivity contribution >= 4 is 118 Å². The molecule has 0 aromatic rings. The van der Waals surface area contributed by atoms with Crippen LogP contribution in [0, 0.1) is 0 Å². The summed E-state index contributed by atoms with van der Waals surface area (Å²) in [5.41, 5.74) is 0. The molecule has 0 unspecified atom stereocenters. The molecule has 0 saturated heterocycles. The second-order valence-electron chi connectivity index (χ2n) is 1.06. The normalized spacial score (nSPS) is 6.00. The molecular weight excluding hydrogens is 188 g/mol. The van der Waals surface area contributed by atoms with E-state index in [0.717, 1.165) is 0 Å². The van der Waals surface area contributed by atoms with Gasteiger partial charge in [0.2, 0.25) is 0 Å². The van der Waals surface area contributed by atoms with Gasteiger partial charge in [-0.25, -0.2) is 0 Å². The first-order valence-corrected chi connectivity index (χ1v) is 2.21. The molecule has 52 valence electrons. The standard InChI is InChI=1S/C4H10O3.4Na.4H/c5-1-3-7-4-2-6;;;;;;;;/h5-6H,1-4H2;;;;;;;;. The molecule has 0 aromatic heterocycles. The first kappa shape index (κ1) is 29.4. The summed E-state index contributed by atoms with van der Waals surface area (Å²) in [6.07, 6.45) is 0.